The maximum atomic E-state index is 13.4. The van der Waals surface area contributed by atoms with E-state index in [1.807, 2.05) is 69.0 Å². The number of allylic oxidation sites excluding steroid dienone is 4. The Morgan fingerprint density at radius 1 is 1.24 bits per heavy atom. The number of ether oxygens (including phenoxy) is 1. The van der Waals surface area contributed by atoms with Gasteiger partial charge in [-0.2, -0.15) is 0 Å². The largest absolute Gasteiger partial charge is 0.497 e. The minimum atomic E-state index is -0.569. The van der Waals surface area contributed by atoms with Crippen LogP contribution in [0.5, 0.6) is 5.75 Å². The predicted octanol–water partition coefficient (Wildman–Crippen LogP) is 2.90. The summed E-state index contributed by atoms with van der Waals surface area (Å²) in [4.78, 5) is 38.0. The zero-order valence-corrected chi connectivity index (χ0v) is 23.4. The highest BCUT2D eigenvalue weighted by molar-refractivity contribution is 5.90. The van der Waals surface area contributed by atoms with E-state index in [4.69, 9.17) is 15.3 Å². The van der Waals surface area contributed by atoms with Gasteiger partial charge < -0.3 is 25.1 Å². The van der Waals surface area contributed by atoms with Gasteiger partial charge in [0.15, 0.2) is 0 Å². The molecule has 0 radical (unpaired) electrons. The van der Waals surface area contributed by atoms with Crippen molar-refractivity contribution in [3.8, 4) is 5.75 Å². The summed E-state index contributed by atoms with van der Waals surface area (Å²) in [5.41, 5.74) is 11.9. The summed E-state index contributed by atoms with van der Waals surface area (Å²) in [7, 11) is 3.45. The van der Waals surface area contributed by atoms with Crippen LogP contribution in [-0.4, -0.2) is 79.4 Å². The summed E-state index contributed by atoms with van der Waals surface area (Å²) < 4.78 is 5.19. The first-order valence-electron chi connectivity index (χ1n) is 12.9. The third-order valence-corrected chi connectivity index (χ3v) is 6.37. The molecule has 0 aliphatic carbocycles. The van der Waals surface area contributed by atoms with Crippen molar-refractivity contribution in [2.45, 2.75) is 51.9 Å². The third kappa shape index (κ3) is 9.89. The highest BCUT2D eigenvalue weighted by Crippen LogP contribution is 2.22. The van der Waals surface area contributed by atoms with Crippen LogP contribution in [0.2, 0.25) is 0 Å². The topological polar surface area (TPSA) is 108 Å². The molecule has 1 saturated heterocycles. The van der Waals surface area contributed by atoms with Gasteiger partial charge in [-0.3, -0.25) is 15.0 Å². The van der Waals surface area contributed by atoms with Gasteiger partial charge in [0.25, 0.3) is 0 Å². The maximum Gasteiger partial charge on any atom is 0.245 e. The molecular formula is C29H45N5O4. The van der Waals surface area contributed by atoms with Crippen LogP contribution < -0.4 is 15.9 Å². The summed E-state index contributed by atoms with van der Waals surface area (Å²) in [6, 6.07) is 7.17. The molecule has 1 aliphatic heterocycles. The molecule has 2 amide bonds. The van der Waals surface area contributed by atoms with Crippen molar-refractivity contribution in [1.82, 2.24) is 20.2 Å². The molecule has 1 aliphatic rings. The fraction of sp³-hybridized carbons (Fsp3) is 0.483. The highest BCUT2D eigenvalue weighted by Gasteiger charge is 2.43. The Morgan fingerprint density at radius 2 is 1.89 bits per heavy atom. The van der Waals surface area contributed by atoms with Gasteiger partial charge in [-0.1, -0.05) is 57.4 Å². The quantitative estimate of drug-likeness (QED) is 0.218. The van der Waals surface area contributed by atoms with Gasteiger partial charge in [-0.25, -0.2) is 5.01 Å². The molecule has 1 unspecified atom stereocenters. The van der Waals surface area contributed by atoms with E-state index in [1.54, 1.807) is 23.1 Å². The Balaban J connectivity index is 0.00000352. The standard InChI is InChI=1S/C28H43N5O3.CH2O/c1-7-11-22(8-2)12-9-10-17-32-19-25(29)33(27(21(3)4)28(32)35)26(34)20-31(5)30-18-23-13-15-24(36-6)16-14-23;1-2/h7-8,11,13-16,21,25,27,30H,1-2,9-10,12,17-20,29H2,3-6H3;1H2/b22-11+;/t25?,27-;/m0./s1. The fourth-order valence-corrected chi connectivity index (χ4v) is 4.41. The molecular weight excluding hydrogens is 482 g/mol. The zero-order chi connectivity index (χ0) is 28.7. The number of nitrogens with zero attached hydrogens (tertiary/aromatic N) is 3. The van der Waals surface area contributed by atoms with Crippen molar-refractivity contribution in [3.63, 3.8) is 0 Å². The average Bonchev–Trinajstić information content (AvgIpc) is 2.91. The lowest BCUT2D eigenvalue weighted by Gasteiger charge is -2.46. The second-order valence-corrected chi connectivity index (χ2v) is 9.52. The van der Waals surface area contributed by atoms with E-state index in [9.17, 15) is 9.59 Å². The molecule has 0 bridgehead atoms. The molecule has 2 atom stereocenters. The van der Waals surface area contributed by atoms with Gasteiger partial charge >= 0.3 is 0 Å². The number of benzene rings is 1. The summed E-state index contributed by atoms with van der Waals surface area (Å²) in [6.45, 7) is 15.1. The van der Waals surface area contributed by atoms with Gasteiger partial charge in [0.2, 0.25) is 11.8 Å². The number of carbonyl (C=O) groups excluding carboxylic acids is 3. The minimum absolute atomic E-state index is 0.0283. The van der Waals surface area contributed by atoms with E-state index >= 15 is 0 Å². The van der Waals surface area contributed by atoms with Crippen molar-refractivity contribution in [2.75, 3.05) is 33.8 Å². The first kappa shape index (κ1) is 32.8. The highest BCUT2D eigenvalue weighted by atomic mass is 16.5. The van der Waals surface area contributed by atoms with E-state index in [0.29, 0.717) is 19.6 Å². The maximum absolute atomic E-state index is 13.4. The van der Waals surface area contributed by atoms with E-state index < -0.39 is 12.2 Å². The van der Waals surface area contributed by atoms with E-state index in [1.165, 1.54) is 0 Å². The molecule has 0 aromatic heterocycles. The number of nitrogens with two attached hydrogens (primary N) is 1. The molecule has 210 valence electrons. The summed E-state index contributed by atoms with van der Waals surface area (Å²) in [5, 5.41) is 1.74. The van der Waals surface area contributed by atoms with E-state index in [0.717, 1.165) is 36.1 Å². The molecule has 9 nitrogen and oxygen atoms in total. The number of hydrazine groups is 1. The molecule has 1 fully saturated rings. The van der Waals surface area contributed by atoms with Crippen LogP contribution in [0.25, 0.3) is 0 Å². The van der Waals surface area contributed by atoms with Crippen molar-refractivity contribution in [2.24, 2.45) is 11.7 Å². The van der Waals surface area contributed by atoms with E-state index in [2.05, 4.69) is 18.6 Å². The number of piperazine rings is 1. The number of likely N-dealkylation sites (N-methyl/N-ethyl adjacent to an activating group) is 1. The summed E-state index contributed by atoms with van der Waals surface area (Å²) >= 11 is 0. The van der Waals surface area contributed by atoms with Gasteiger partial charge in [-0.05, 0) is 48.4 Å². The van der Waals surface area contributed by atoms with Crippen molar-refractivity contribution in [3.05, 3.63) is 66.8 Å². The Labute approximate surface area is 227 Å². The Hall–Kier alpha value is -3.27. The molecule has 2 rings (SSSR count). The van der Waals surface area contributed by atoms with Crippen LogP contribution in [0, 0.1) is 5.92 Å². The summed E-state index contributed by atoms with van der Waals surface area (Å²) in [6.07, 6.45) is 7.69. The van der Waals surface area contributed by atoms with Crippen LogP contribution in [0.3, 0.4) is 0 Å². The molecule has 0 spiro atoms. The Morgan fingerprint density at radius 3 is 2.45 bits per heavy atom. The molecule has 3 N–H and O–H groups in total. The van der Waals surface area contributed by atoms with Crippen molar-refractivity contribution in [1.29, 1.82) is 0 Å². The van der Waals surface area contributed by atoms with Crippen molar-refractivity contribution >= 4 is 18.6 Å². The number of nitrogens with one attached hydrogen (secondary N) is 1. The van der Waals surface area contributed by atoms with Crippen LogP contribution in [0.1, 0.15) is 38.7 Å². The monoisotopic (exact) mass is 527 g/mol. The minimum Gasteiger partial charge on any atom is -0.497 e. The molecule has 38 heavy (non-hydrogen) atoms. The lowest BCUT2D eigenvalue weighted by Crippen LogP contribution is -2.68. The number of methoxy groups -OCH3 is 1. The van der Waals surface area contributed by atoms with Gasteiger partial charge in [-0.15, -0.1) is 0 Å². The Kier molecular flexibility index (Phi) is 14.9. The van der Waals surface area contributed by atoms with Gasteiger partial charge in [0, 0.05) is 20.1 Å². The Bertz CT molecular complexity index is 931. The van der Waals surface area contributed by atoms with Crippen molar-refractivity contribution < 1.29 is 19.1 Å². The molecule has 1 aromatic carbocycles. The van der Waals surface area contributed by atoms with Crippen LogP contribution in [0.15, 0.2) is 61.2 Å². The van der Waals surface area contributed by atoms with E-state index in [-0.39, 0.29) is 24.3 Å². The number of carbonyl (C=O) groups is 3. The fourth-order valence-electron chi connectivity index (χ4n) is 4.41. The third-order valence-electron chi connectivity index (χ3n) is 6.37. The number of rotatable bonds is 14. The number of hydrogen-bond acceptors (Lipinski definition) is 7. The zero-order valence-electron chi connectivity index (χ0n) is 23.4. The molecule has 1 aromatic rings. The number of hydrogen-bond donors (Lipinski definition) is 2. The SMILES string of the molecule is C=C/C=C(\C=C)CCCCN1CC(N)N(C(=O)CN(C)NCc2ccc(OC)cc2)[C@@H](C(C)C)C1=O.C=O. The molecule has 9 heteroatoms. The summed E-state index contributed by atoms with van der Waals surface area (Å²) in [5.74, 6) is 0.560. The first-order chi connectivity index (χ1) is 18.2. The lowest BCUT2D eigenvalue weighted by molar-refractivity contribution is -0.159. The normalized spacial score (nSPS) is 17.8. The lowest BCUT2D eigenvalue weighted by atomic mass is 9.96. The van der Waals surface area contributed by atoms with Crippen LogP contribution >= 0.6 is 0 Å². The second-order valence-electron chi connectivity index (χ2n) is 9.52. The average molecular weight is 528 g/mol. The second kappa shape index (κ2) is 17.3. The first-order valence-corrected chi connectivity index (χ1v) is 12.9. The number of unbranched alkanes of at least 4 members (excludes halogenated alkanes) is 1. The number of amides is 2. The van der Waals surface area contributed by atoms with Crippen LogP contribution in [0.4, 0.5) is 0 Å². The van der Waals surface area contributed by atoms with Crippen LogP contribution in [-0.2, 0) is 20.9 Å². The van der Waals surface area contributed by atoms with Gasteiger partial charge in [0.1, 0.15) is 18.6 Å². The molecule has 0 saturated carbocycles. The smallest absolute Gasteiger partial charge is 0.245 e. The molecule has 1 heterocycles. The predicted molar refractivity (Wildman–Crippen MR) is 152 cm³/mol. The van der Waals surface area contributed by atoms with Gasteiger partial charge in [0.05, 0.1) is 26.4 Å².